The fraction of sp³-hybridized carbons (Fsp3) is 0.385. The number of hydrogen-bond donors (Lipinski definition) is 0. The van der Waals surface area contributed by atoms with Gasteiger partial charge in [-0.05, 0) is 94.1 Å². The van der Waals surface area contributed by atoms with E-state index >= 15 is 0 Å². The van der Waals surface area contributed by atoms with Gasteiger partial charge in [0.15, 0.2) is 0 Å². The van der Waals surface area contributed by atoms with E-state index in [1.54, 1.807) is 10.5 Å². The van der Waals surface area contributed by atoms with Gasteiger partial charge in [-0.1, -0.05) is 17.7 Å². The number of sulfonamides is 1. The summed E-state index contributed by atoms with van der Waals surface area (Å²) < 4.78 is 28.8. The van der Waals surface area contributed by atoms with Crippen molar-refractivity contribution in [3.8, 4) is 0 Å². The standard InChI is InChI=1S/C26H28BrClN4O2S/c1-35(33,34)32-10-6-18(7-11-32)25-23-5-4-22(28)15-24(23)19(3-2-9-31-12-8-29-17-31)13-20-14-21(27)16-30-26(20)25/h4-5,8,12-18,25H,2-3,6-7,9-11H2,1H3. The predicted molar refractivity (Wildman–Crippen MR) is 144 cm³/mol. The average Bonchev–Trinajstić information content (AvgIpc) is 3.30. The highest BCUT2D eigenvalue weighted by Crippen LogP contribution is 2.46. The topological polar surface area (TPSA) is 68.1 Å². The largest absolute Gasteiger partial charge is 0.337 e. The lowest BCUT2D eigenvalue weighted by atomic mass is 9.76. The van der Waals surface area contributed by atoms with Crippen molar-refractivity contribution >= 4 is 49.2 Å². The molecule has 5 rings (SSSR count). The lowest BCUT2D eigenvalue weighted by molar-refractivity contribution is 0.256. The summed E-state index contributed by atoms with van der Waals surface area (Å²) in [6, 6.07) is 8.34. The maximum atomic E-state index is 12.1. The second-order valence-corrected chi connectivity index (χ2v) is 12.7. The second kappa shape index (κ2) is 10.2. The Balaban J connectivity index is 1.53. The molecular weight excluding hydrogens is 548 g/mol. The van der Waals surface area contributed by atoms with Gasteiger partial charge in [-0.25, -0.2) is 17.7 Å². The zero-order valence-corrected chi connectivity index (χ0v) is 22.7. The molecule has 1 saturated heterocycles. The maximum Gasteiger partial charge on any atom is 0.211 e. The SMILES string of the molecule is CS(=O)(=O)N1CCC(C2c3ccc(Cl)cc3C(CCCn3ccnc3)=Cc3cc(Br)cnc32)CC1. The van der Waals surface area contributed by atoms with Gasteiger partial charge in [-0.2, -0.15) is 0 Å². The molecule has 1 fully saturated rings. The van der Waals surface area contributed by atoms with Gasteiger partial charge in [-0.15, -0.1) is 0 Å². The molecule has 0 saturated carbocycles. The Bertz CT molecular complexity index is 1350. The van der Waals surface area contributed by atoms with E-state index in [9.17, 15) is 8.42 Å². The molecule has 1 aliphatic carbocycles. The average molecular weight is 576 g/mol. The Kier molecular flexibility index (Phi) is 7.17. The zero-order chi connectivity index (χ0) is 24.6. The van der Waals surface area contributed by atoms with E-state index in [1.165, 1.54) is 23.0 Å². The van der Waals surface area contributed by atoms with Gasteiger partial charge in [0.1, 0.15) is 0 Å². The summed E-state index contributed by atoms with van der Waals surface area (Å²) in [7, 11) is -3.18. The predicted octanol–water partition coefficient (Wildman–Crippen LogP) is 5.83. The third-order valence-corrected chi connectivity index (χ3v) is 9.07. The highest BCUT2D eigenvalue weighted by Gasteiger charge is 2.36. The van der Waals surface area contributed by atoms with Crippen molar-refractivity contribution in [3.05, 3.63) is 81.1 Å². The third-order valence-electron chi connectivity index (χ3n) is 7.10. The van der Waals surface area contributed by atoms with Crippen LogP contribution in [0, 0.1) is 5.92 Å². The molecule has 1 aromatic carbocycles. The number of rotatable bonds is 6. The van der Waals surface area contributed by atoms with Crippen LogP contribution < -0.4 is 0 Å². The van der Waals surface area contributed by atoms with Crippen LogP contribution in [0.4, 0.5) is 0 Å². The first kappa shape index (κ1) is 24.7. The molecule has 0 amide bonds. The number of aromatic nitrogens is 3. The number of fused-ring (bicyclic) bond motifs is 2. The van der Waals surface area contributed by atoms with Gasteiger partial charge < -0.3 is 4.57 Å². The van der Waals surface area contributed by atoms with Gasteiger partial charge in [0, 0.05) is 53.6 Å². The van der Waals surface area contributed by atoms with Gasteiger partial charge in [-0.3, -0.25) is 4.98 Å². The van der Waals surface area contributed by atoms with Gasteiger partial charge >= 0.3 is 0 Å². The highest BCUT2D eigenvalue weighted by atomic mass is 79.9. The molecule has 9 heteroatoms. The van der Waals surface area contributed by atoms with Gasteiger partial charge in [0.05, 0.1) is 18.3 Å². The van der Waals surface area contributed by atoms with Crippen LogP contribution in [0.25, 0.3) is 11.6 Å². The molecule has 1 aliphatic heterocycles. The number of nitrogens with zero attached hydrogens (tertiary/aromatic N) is 4. The van der Waals surface area contributed by atoms with Crippen LogP contribution in [-0.4, -0.2) is 46.6 Å². The molecule has 1 unspecified atom stereocenters. The van der Waals surface area contributed by atoms with Crippen LogP contribution in [-0.2, 0) is 16.6 Å². The van der Waals surface area contributed by atoms with E-state index in [0.717, 1.165) is 53.0 Å². The molecule has 0 spiro atoms. The molecule has 1 atom stereocenters. The Morgan fingerprint density at radius 1 is 1.20 bits per heavy atom. The van der Waals surface area contributed by atoms with E-state index < -0.39 is 10.0 Å². The summed E-state index contributed by atoms with van der Waals surface area (Å²) in [6.07, 6.45) is 14.5. The van der Waals surface area contributed by atoms with Crippen molar-refractivity contribution in [1.82, 2.24) is 18.8 Å². The molecule has 2 aliphatic rings. The van der Waals surface area contributed by atoms with Crippen LogP contribution in [0.2, 0.25) is 5.02 Å². The molecule has 6 nitrogen and oxygen atoms in total. The Morgan fingerprint density at radius 3 is 2.71 bits per heavy atom. The minimum Gasteiger partial charge on any atom is -0.337 e. The molecule has 0 radical (unpaired) electrons. The first-order valence-electron chi connectivity index (χ1n) is 11.9. The van der Waals surface area contributed by atoms with Gasteiger partial charge in [0.25, 0.3) is 0 Å². The molecule has 35 heavy (non-hydrogen) atoms. The highest BCUT2D eigenvalue weighted by molar-refractivity contribution is 9.10. The van der Waals surface area contributed by atoms with Crippen LogP contribution in [0.5, 0.6) is 0 Å². The number of pyridine rings is 1. The van der Waals surface area contributed by atoms with Crippen molar-refractivity contribution in [3.63, 3.8) is 0 Å². The van der Waals surface area contributed by atoms with E-state index in [4.69, 9.17) is 16.6 Å². The quantitative estimate of drug-likeness (QED) is 0.371. The van der Waals surface area contributed by atoms with Gasteiger partial charge in [0.2, 0.25) is 10.0 Å². The molecule has 0 N–H and O–H groups in total. The first-order chi connectivity index (χ1) is 16.8. The lowest BCUT2D eigenvalue weighted by Gasteiger charge is -2.35. The summed E-state index contributed by atoms with van der Waals surface area (Å²) in [5.41, 5.74) is 5.82. The number of aryl methyl sites for hydroxylation is 1. The van der Waals surface area contributed by atoms with E-state index in [0.29, 0.717) is 19.0 Å². The summed E-state index contributed by atoms with van der Waals surface area (Å²) in [5, 5.41) is 0.718. The summed E-state index contributed by atoms with van der Waals surface area (Å²) in [6.45, 7) is 1.98. The minimum atomic E-state index is -3.18. The summed E-state index contributed by atoms with van der Waals surface area (Å²) >= 11 is 10.1. The molecule has 184 valence electrons. The number of piperidine rings is 1. The molecule has 2 aromatic heterocycles. The van der Waals surface area contributed by atoms with Crippen molar-refractivity contribution in [2.24, 2.45) is 5.92 Å². The second-order valence-electron chi connectivity index (χ2n) is 9.41. The fourth-order valence-corrected chi connectivity index (χ4v) is 6.82. The molecule has 3 heterocycles. The Morgan fingerprint density at radius 2 is 2.00 bits per heavy atom. The third kappa shape index (κ3) is 5.40. The minimum absolute atomic E-state index is 0.0782. The maximum absolute atomic E-state index is 12.1. The number of halogens is 2. The lowest BCUT2D eigenvalue weighted by Crippen LogP contribution is -2.39. The van der Waals surface area contributed by atoms with Crippen molar-refractivity contribution in [2.45, 2.75) is 38.1 Å². The molecule has 3 aromatic rings. The van der Waals surface area contributed by atoms with Crippen molar-refractivity contribution < 1.29 is 8.42 Å². The van der Waals surface area contributed by atoms with Crippen molar-refractivity contribution in [2.75, 3.05) is 19.3 Å². The number of hydrogen-bond acceptors (Lipinski definition) is 4. The van der Waals surface area contributed by atoms with E-state index in [1.807, 2.05) is 24.8 Å². The smallest absolute Gasteiger partial charge is 0.211 e. The van der Waals surface area contributed by atoms with E-state index in [2.05, 4.69) is 49.8 Å². The van der Waals surface area contributed by atoms with Crippen LogP contribution in [0.3, 0.4) is 0 Å². The Labute approximate surface area is 220 Å². The van der Waals surface area contributed by atoms with Crippen molar-refractivity contribution in [1.29, 1.82) is 0 Å². The normalized spacial score (nSPS) is 19.1. The number of imidazole rings is 1. The van der Waals surface area contributed by atoms with Crippen LogP contribution in [0.1, 0.15) is 54.0 Å². The molecular formula is C26H28BrClN4O2S. The monoisotopic (exact) mass is 574 g/mol. The zero-order valence-electron chi connectivity index (χ0n) is 19.6. The Hall–Kier alpha value is -2.00. The number of allylic oxidation sites excluding steroid dienone is 1. The summed E-state index contributed by atoms with van der Waals surface area (Å²) in [5.74, 6) is 0.369. The first-order valence-corrected chi connectivity index (χ1v) is 14.9. The summed E-state index contributed by atoms with van der Waals surface area (Å²) in [4.78, 5) is 9.06. The fourth-order valence-electron chi connectivity index (χ4n) is 5.43. The van der Waals surface area contributed by atoms with Crippen LogP contribution >= 0.6 is 27.5 Å². The molecule has 0 bridgehead atoms. The van der Waals surface area contributed by atoms with E-state index in [-0.39, 0.29) is 5.92 Å². The van der Waals surface area contributed by atoms with Crippen LogP contribution in [0.15, 0.2) is 53.7 Å². The number of benzene rings is 1.